The lowest BCUT2D eigenvalue weighted by Gasteiger charge is -2.09. The fourth-order valence-corrected chi connectivity index (χ4v) is 1.49. The number of nitrogens with one attached hydrogen (secondary N) is 1. The molecule has 0 radical (unpaired) electrons. The fourth-order valence-electron chi connectivity index (χ4n) is 1.49. The van der Waals surface area contributed by atoms with Gasteiger partial charge in [-0.15, -0.1) is 0 Å². The first-order valence-corrected chi connectivity index (χ1v) is 5.21. The van der Waals surface area contributed by atoms with E-state index < -0.39 is 0 Å². The van der Waals surface area contributed by atoms with E-state index in [1.807, 2.05) is 31.2 Å². The molecule has 2 rings (SSSR count). The number of hydrogen-bond acceptors (Lipinski definition) is 3. The lowest BCUT2D eigenvalue weighted by Crippen LogP contribution is -1.98. The standard InChI is InChI=1S/C13H15N3/c1-9-5-3-4-6-12(9)16-13-7-10(2)11(14)8-15-13/h3-8H,14H2,1-2H3,(H,15,16). The number of rotatable bonds is 2. The number of aryl methyl sites for hydroxylation is 2. The van der Waals surface area contributed by atoms with Gasteiger partial charge in [0.05, 0.1) is 11.9 Å². The van der Waals surface area contributed by atoms with Crippen LogP contribution >= 0.6 is 0 Å². The van der Waals surface area contributed by atoms with E-state index in [4.69, 9.17) is 5.73 Å². The van der Waals surface area contributed by atoms with Gasteiger partial charge < -0.3 is 11.1 Å². The molecule has 0 atom stereocenters. The molecule has 0 aliphatic rings. The molecule has 3 heteroatoms. The van der Waals surface area contributed by atoms with E-state index in [9.17, 15) is 0 Å². The Kier molecular flexibility index (Phi) is 2.77. The summed E-state index contributed by atoms with van der Waals surface area (Å²) in [7, 11) is 0. The molecule has 1 aromatic carbocycles. The number of pyridine rings is 1. The van der Waals surface area contributed by atoms with Gasteiger partial charge in [0.25, 0.3) is 0 Å². The van der Waals surface area contributed by atoms with E-state index >= 15 is 0 Å². The van der Waals surface area contributed by atoms with Crippen molar-refractivity contribution in [3.63, 3.8) is 0 Å². The van der Waals surface area contributed by atoms with Gasteiger partial charge in [-0.3, -0.25) is 0 Å². The lowest BCUT2D eigenvalue weighted by molar-refractivity contribution is 1.27. The van der Waals surface area contributed by atoms with E-state index in [1.165, 1.54) is 5.56 Å². The molecule has 2 aromatic rings. The van der Waals surface area contributed by atoms with Crippen molar-refractivity contribution in [3.05, 3.63) is 47.7 Å². The minimum absolute atomic E-state index is 0.718. The quantitative estimate of drug-likeness (QED) is 0.806. The number of para-hydroxylation sites is 1. The zero-order chi connectivity index (χ0) is 11.5. The van der Waals surface area contributed by atoms with Crippen molar-refractivity contribution in [2.24, 2.45) is 0 Å². The molecule has 0 saturated carbocycles. The van der Waals surface area contributed by atoms with Crippen molar-refractivity contribution >= 4 is 17.2 Å². The number of nitrogens with two attached hydrogens (primary N) is 1. The Labute approximate surface area is 95.3 Å². The normalized spacial score (nSPS) is 10.1. The van der Waals surface area contributed by atoms with E-state index in [1.54, 1.807) is 6.20 Å². The van der Waals surface area contributed by atoms with Gasteiger partial charge in [0, 0.05) is 5.69 Å². The maximum absolute atomic E-state index is 5.72. The molecule has 0 spiro atoms. The van der Waals surface area contributed by atoms with Gasteiger partial charge in [0.15, 0.2) is 0 Å². The predicted octanol–water partition coefficient (Wildman–Crippen LogP) is 3.02. The van der Waals surface area contributed by atoms with Gasteiger partial charge in [-0.25, -0.2) is 4.98 Å². The second-order valence-electron chi connectivity index (χ2n) is 3.87. The van der Waals surface area contributed by atoms with Crippen LogP contribution in [-0.2, 0) is 0 Å². The highest BCUT2D eigenvalue weighted by molar-refractivity contribution is 5.62. The molecule has 0 bridgehead atoms. The highest BCUT2D eigenvalue weighted by atomic mass is 15.0. The summed E-state index contributed by atoms with van der Waals surface area (Å²) in [6.07, 6.45) is 1.68. The summed E-state index contributed by atoms with van der Waals surface area (Å²) in [5.41, 5.74) is 9.74. The zero-order valence-corrected chi connectivity index (χ0v) is 9.49. The minimum Gasteiger partial charge on any atom is -0.397 e. The van der Waals surface area contributed by atoms with Crippen LogP contribution in [0.25, 0.3) is 0 Å². The van der Waals surface area contributed by atoms with Gasteiger partial charge >= 0.3 is 0 Å². The van der Waals surface area contributed by atoms with Gasteiger partial charge in [-0.05, 0) is 37.1 Å². The summed E-state index contributed by atoms with van der Waals surface area (Å²) in [5, 5.41) is 3.27. The van der Waals surface area contributed by atoms with E-state index in [0.717, 1.165) is 22.8 Å². The van der Waals surface area contributed by atoms with Crippen molar-refractivity contribution in [2.45, 2.75) is 13.8 Å². The molecule has 0 amide bonds. The number of benzene rings is 1. The summed E-state index contributed by atoms with van der Waals surface area (Å²) < 4.78 is 0. The highest BCUT2D eigenvalue weighted by Crippen LogP contribution is 2.20. The van der Waals surface area contributed by atoms with Crippen LogP contribution in [0.15, 0.2) is 36.5 Å². The smallest absolute Gasteiger partial charge is 0.130 e. The molecule has 0 saturated heterocycles. The van der Waals surface area contributed by atoms with E-state index in [2.05, 4.69) is 23.3 Å². The van der Waals surface area contributed by atoms with Crippen LogP contribution in [0.4, 0.5) is 17.2 Å². The fraction of sp³-hybridized carbons (Fsp3) is 0.154. The second-order valence-corrected chi connectivity index (χ2v) is 3.87. The molecule has 1 aromatic heterocycles. The van der Waals surface area contributed by atoms with E-state index in [0.29, 0.717) is 0 Å². The SMILES string of the molecule is Cc1cc(Nc2ccccc2C)ncc1N. The average molecular weight is 213 g/mol. The maximum atomic E-state index is 5.72. The Bertz CT molecular complexity index is 506. The first-order valence-electron chi connectivity index (χ1n) is 5.21. The Morgan fingerprint density at radius 1 is 1.12 bits per heavy atom. The number of nitrogens with zero attached hydrogens (tertiary/aromatic N) is 1. The molecule has 0 aliphatic heterocycles. The van der Waals surface area contributed by atoms with Crippen LogP contribution in [0.3, 0.4) is 0 Å². The van der Waals surface area contributed by atoms with Gasteiger partial charge in [-0.1, -0.05) is 18.2 Å². The molecule has 3 nitrogen and oxygen atoms in total. The highest BCUT2D eigenvalue weighted by Gasteiger charge is 2.00. The van der Waals surface area contributed by atoms with Crippen LogP contribution in [0.2, 0.25) is 0 Å². The molecule has 1 heterocycles. The summed E-state index contributed by atoms with van der Waals surface area (Å²) in [5.74, 6) is 0.820. The van der Waals surface area contributed by atoms with Crippen LogP contribution in [0, 0.1) is 13.8 Å². The van der Waals surface area contributed by atoms with Crippen LogP contribution in [0.1, 0.15) is 11.1 Å². The minimum atomic E-state index is 0.718. The monoisotopic (exact) mass is 213 g/mol. The Morgan fingerprint density at radius 2 is 1.88 bits per heavy atom. The number of anilines is 3. The van der Waals surface area contributed by atoms with Gasteiger partial charge in [-0.2, -0.15) is 0 Å². The van der Waals surface area contributed by atoms with Crippen molar-refractivity contribution in [2.75, 3.05) is 11.1 Å². The van der Waals surface area contributed by atoms with Crippen molar-refractivity contribution in [1.82, 2.24) is 4.98 Å². The van der Waals surface area contributed by atoms with Crippen molar-refractivity contribution < 1.29 is 0 Å². The maximum Gasteiger partial charge on any atom is 0.130 e. The van der Waals surface area contributed by atoms with Crippen molar-refractivity contribution in [3.8, 4) is 0 Å². The lowest BCUT2D eigenvalue weighted by atomic mass is 10.2. The number of nitrogen functional groups attached to an aromatic ring is 1. The average Bonchev–Trinajstić information content (AvgIpc) is 2.27. The Hall–Kier alpha value is -2.03. The number of aromatic nitrogens is 1. The van der Waals surface area contributed by atoms with Crippen LogP contribution in [0.5, 0.6) is 0 Å². The summed E-state index contributed by atoms with van der Waals surface area (Å²) in [6.45, 7) is 4.03. The molecule has 0 aliphatic carbocycles. The van der Waals surface area contributed by atoms with Crippen LogP contribution in [-0.4, -0.2) is 4.98 Å². The number of hydrogen-bond donors (Lipinski definition) is 2. The third kappa shape index (κ3) is 2.14. The third-order valence-corrected chi connectivity index (χ3v) is 2.56. The second kappa shape index (κ2) is 4.23. The molecule has 3 N–H and O–H groups in total. The van der Waals surface area contributed by atoms with E-state index in [-0.39, 0.29) is 0 Å². The molecular formula is C13H15N3. The zero-order valence-electron chi connectivity index (χ0n) is 9.49. The van der Waals surface area contributed by atoms with Crippen molar-refractivity contribution in [1.29, 1.82) is 0 Å². The summed E-state index contributed by atoms with van der Waals surface area (Å²) in [4.78, 5) is 4.24. The molecule has 82 valence electrons. The molecule has 0 fully saturated rings. The largest absolute Gasteiger partial charge is 0.397 e. The first-order chi connectivity index (χ1) is 7.66. The molecular weight excluding hydrogens is 198 g/mol. The summed E-state index contributed by atoms with van der Waals surface area (Å²) in [6, 6.07) is 10.1. The van der Waals surface area contributed by atoms with Gasteiger partial charge in [0.2, 0.25) is 0 Å². The first kappa shape index (κ1) is 10.5. The van der Waals surface area contributed by atoms with Crippen LogP contribution < -0.4 is 11.1 Å². The Balaban J connectivity index is 2.28. The van der Waals surface area contributed by atoms with Gasteiger partial charge in [0.1, 0.15) is 5.82 Å². The molecule has 0 unspecified atom stereocenters. The summed E-state index contributed by atoms with van der Waals surface area (Å²) >= 11 is 0. The topological polar surface area (TPSA) is 50.9 Å². The third-order valence-electron chi connectivity index (χ3n) is 2.56. The molecule has 16 heavy (non-hydrogen) atoms. The predicted molar refractivity (Wildman–Crippen MR) is 67.8 cm³/mol. The Morgan fingerprint density at radius 3 is 2.56 bits per heavy atom.